The Morgan fingerprint density at radius 1 is 1.33 bits per heavy atom. The Morgan fingerprint density at radius 3 is 2.50 bits per heavy atom. The van der Waals surface area contributed by atoms with Gasteiger partial charge < -0.3 is 19.1 Å². The standard InChI is InChI=1S/C13H14N2O4.CH4O3S/c1-18-12-8-10(13(16)17)2-3-11(12)19-7-6-15-5-4-14-9-15;1-5(2,3)4/h2-5,8-9H,6-7H2,1H3,(H,16,17);1H3,(H,2,3,4). The van der Waals surface area contributed by atoms with Crippen molar-refractivity contribution in [2.24, 2.45) is 0 Å². The van der Waals surface area contributed by atoms with Crippen LogP contribution in [0.5, 0.6) is 11.5 Å². The zero-order valence-corrected chi connectivity index (χ0v) is 13.9. The lowest BCUT2D eigenvalue weighted by Gasteiger charge is -2.11. The Labute approximate surface area is 139 Å². The van der Waals surface area contributed by atoms with E-state index < -0.39 is 16.1 Å². The van der Waals surface area contributed by atoms with Crippen molar-refractivity contribution >= 4 is 16.1 Å². The molecule has 132 valence electrons. The van der Waals surface area contributed by atoms with E-state index in [-0.39, 0.29) is 5.56 Å². The molecule has 0 aliphatic rings. The highest BCUT2D eigenvalue weighted by molar-refractivity contribution is 7.85. The second kappa shape index (κ2) is 8.89. The van der Waals surface area contributed by atoms with Crippen LogP contribution in [0, 0.1) is 0 Å². The molecule has 2 rings (SSSR count). The third kappa shape index (κ3) is 7.61. The average Bonchev–Trinajstić information content (AvgIpc) is 2.99. The summed E-state index contributed by atoms with van der Waals surface area (Å²) >= 11 is 0. The van der Waals surface area contributed by atoms with Gasteiger partial charge >= 0.3 is 5.97 Å². The number of carboxylic acids is 1. The van der Waals surface area contributed by atoms with Crippen LogP contribution < -0.4 is 9.47 Å². The number of hydrogen-bond donors (Lipinski definition) is 2. The lowest BCUT2D eigenvalue weighted by atomic mass is 10.2. The van der Waals surface area contributed by atoms with Gasteiger partial charge in [-0.3, -0.25) is 4.55 Å². The number of rotatable bonds is 6. The summed E-state index contributed by atoms with van der Waals surface area (Å²) in [7, 11) is -2.19. The minimum absolute atomic E-state index is 0.166. The average molecular weight is 358 g/mol. The van der Waals surface area contributed by atoms with Crippen molar-refractivity contribution in [2.45, 2.75) is 6.54 Å². The van der Waals surface area contributed by atoms with Crippen molar-refractivity contribution in [3.8, 4) is 11.5 Å². The fourth-order valence-corrected chi connectivity index (χ4v) is 1.60. The molecule has 0 amide bonds. The van der Waals surface area contributed by atoms with Crippen molar-refractivity contribution in [2.75, 3.05) is 20.0 Å². The Hall–Kier alpha value is -2.59. The predicted molar refractivity (Wildman–Crippen MR) is 85.1 cm³/mol. The number of benzene rings is 1. The van der Waals surface area contributed by atoms with Crippen LogP contribution in [-0.4, -0.2) is 53.6 Å². The number of carboxylic acid groups (broad SMARTS) is 1. The Balaban J connectivity index is 0.000000505. The highest BCUT2D eigenvalue weighted by atomic mass is 32.2. The molecule has 0 aliphatic heterocycles. The summed E-state index contributed by atoms with van der Waals surface area (Å²) in [6.07, 6.45) is 5.96. The molecular formula is C14H18N2O7S. The van der Waals surface area contributed by atoms with E-state index >= 15 is 0 Å². The van der Waals surface area contributed by atoms with E-state index in [2.05, 4.69) is 4.98 Å². The SMILES string of the molecule is COc1cc(C(=O)O)ccc1OCCn1ccnc1.CS(=O)(=O)O. The second-order valence-electron chi connectivity index (χ2n) is 4.55. The summed E-state index contributed by atoms with van der Waals surface area (Å²) in [5, 5.41) is 8.89. The molecule has 0 aliphatic carbocycles. The smallest absolute Gasteiger partial charge is 0.335 e. The van der Waals surface area contributed by atoms with Crippen LogP contribution in [0.3, 0.4) is 0 Å². The molecule has 0 bridgehead atoms. The maximum Gasteiger partial charge on any atom is 0.335 e. The van der Waals surface area contributed by atoms with E-state index in [1.165, 1.54) is 19.2 Å². The lowest BCUT2D eigenvalue weighted by molar-refractivity contribution is 0.0696. The van der Waals surface area contributed by atoms with Crippen molar-refractivity contribution in [1.82, 2.24) is 9.55 Å². The number of imidazole rings is 1. The molecule has 0 saturated carbocycles. The summed E-state index contributed by atoms with van der Waals surface area (Å²) in [6.45, 7) is 1.10. The number of ether oxygens (including phenoxy) is 2. The van der Waals surface area contributed by atoms with Crippen LogP contribution in [0.4, 0.5) is 0 Å². The predicted octanol–water partition coefficient (Wildman–Crippen LogP) is 1.17. The van der Waals surface area contributed by atoms with Crippen molar-refractivity contribution < 1.29 is 32.3 Å². The summed E-state index contributed by atoms with van der Waals surface area (Å²) in [5.41, 5.74) is 0.166. The monoisotopic (exact) mass is 358 g/mol. The Bertz CT molecular complexity index is 749. The van der Waals surface area contributed by atoms with Crippen LogP contribution in [0.2, 0.25) is 0 Å². The van der Waals surface area contributed by atoms with Gasteiger partial charge in [-0.15, -0.1) is 0 Å². The van der Waals surface area contributed by atoms with Crippen molar-refractivity contribution in [3.63, 3.8) is 0 Å². The Kier molecular flexibility index (Phi) is 7.21. The third-order valence-corrected chi connectivity index (χ3v) is 2.58. The van der Waals surface area contributed by atoms with Crippen LogP contribution >= 0.6 is 0 Å². The van der Waals surface area contributed by atoms with E-state index in [9.17, 15) is 13.2 Å². The Morgan fingerprint density at radius 2 is 2.00 bits per heavy atom. The van der Waals surface area contributed by atoms with Gasteiger partial charge in [0.05, 0.1) is 31.8 Å². The van der Waals surface area contributed by atoms with Crippen LogP contribution in [0.25, 0.3) is 0 Å². The number of nitrogens with zero attached hydrogens (tertiary/aromatic N) is 2. The van der Waals surface area contributed by atoms with Gasteiger partial charge in [0.15, 0.2) is 11.5 Å². The van der Waals surface area contributed by atoms with E-state index in [1.54, 1.807) is 18.6 Å². The number of carbonyl (C=O) groups is 1. The van der Waals surface area contributed by atoms with E-state index in [4.69, 9.17) is 19.1 Å². The molecular weight excluding hydrogens is 340 g/mol. The maximum atomic E-state index is 10.8. The molecule has 0 spiro atoms. The fraction of sp³-hybridized carbons (Fsp3) is 0.286. The summed E-state index contributed by atoms with van der Waals surface area (Å²) in [4.78, 5) is 14.8. The van der Waals surface area contributed by atoms with Gasteiger partial charge in [-0.05, 0) is 18.2 Å². The number of aromatic carboxylic acids is 1. The van der Waals surface area contributed by atoms with Crippen LogP contribution in [0.1, 0.15) is 10.4 Å². The number of hydrogen-bond acceptors (Lipinski definition) is 6. The van der Waals surface area contributed by atoms with Gasteiger partial charge in [0, 0.05) is 12.4 Å². The van der Waals surface area contributed by atoms with E-state index in [1.807, 2.05) is 10.8 Å². The molecule has 0 atom stereocenters. The quantitative estimate of drug-likeness (QED) is 0.737. The third-order valence-electron chi connectivity index (χ3n) is 2.58. The highest BCUT2D eigenvalue weighted by Gasteiger charge is 2.09. The second-order valence-corrected chi connectivity index (χ2v) is 6.02. The first kappa shape index (κ1) is 19.5. The summed E-state index contributed by atoms with van der Waals surface area (Å²) < 4.78 is 38.4. The van der Waals surface area contributed by atoms with Crippen molar-refractivity contribution in [1.29, 1.82) is 0 Å². The number of methoxy groups -OCH3 is 1. The summed E-state index contributed by atoms with van der Waals surface area (Å²) in [5.74, 6) is -0.0681. The fourth-order valence-electron chi connectivity index (χ4n) is 1.60. The van der Waals surface area contributed by atoms with Gasteiger partial charge in [0.25, 0.3) is 10.1 Å². The van der Waals surface area contributed by atoms with Gasteiger partial charge in [-0.2, -0.15) is 8.42 Å². The summed E-state index contributed by atoms with van der Waals surface area (Å²) in [6, 6.07) is 4.52. The van der Waals surface area contributed by atoms with Crippen LogP contribution in [-0.2, 0) is 16.7 Å². The molecule has 1 heterocycles. The van der Waals surface area contributed by atoms with Crippen LogP contribution in [0.15, 0.2) is 36.9 Å². The zero-order valence-electron chi connectivity index (χ0n) is 13.1. The minimum Gasteiger partial charge on any atom is -0.493 e. The normalized spacial score (nSPS) is 10.5. The van der Waals surface area contributed by atoms with Gasteiger partial charge in [-0.25, -0.2) is 9.78 Å². The largest absolute Gasteiger partial charge is 0.493 e. The van der Waals surface area contributed by atoms with E-state index in [0.717, 1.165) is 0 Å². The molecule has 0 fully saturated rings. The number of aromatic nitrogens is 2. The molecule has 0 saturated heterocycles. The first-order chi connectivity index (χ1) is 11.2. The molecule has 0 radical (unpaired) electrons. The first-order valence-electron chi connectivity index (χ1n) is 6.63. The molecule has 2 N–H and O–H groups in total. The maximum absolute atomic E-state index is 10.8. The molecule has 0 unspecified atom stereocenters. The lowest BCUT2D eigenvalue weighted by Crippen LogP contribution is -2.07. The molecule has 2 aromatic rings. The van der Waals surface area contributed by atoms with E-state index in [0.29, 0.717) is 30.9 Å². The first-order valence-corrected chi connectivity index (χ1v) is 8.48. The minimum atomic E-state index is -3.67. The zero-order chi connectivity index (χ0) is 18.2. The van der Waals surface area contributed by atoms with Gasteiger partial charge in [-0.1, -0.05) is 0 Å². The molecule has 9 nitrogen and oxygen atoms in total. The highest BCUT2D eigenvalue weighted by Crippen LogP contribution is 2.28. The molecule has 1 aromatic carbocycles. The topological polar surface area (TPSA) is 128 Å². The molecule has 1 aromatic heterocycles. The van der Waals surface area contributed by atoms with Gasteiger partial charge in [0.2, 0.25) is 0 Å². The molecule has 10 heteroatoms. The van der Waals surface area contributed by atoms with Gasteiger partial charge in [0.1, 0.15) is 6.61 Å². The van der Waals surface area contributed by atoms with Crippen molar-refractivity contribution in [3.05, 3.63) is 42.5 Å². The molecule has 24 heavy (non-hydrogen) atoms.